The minimum Gasteiger partial charge on any atom is -0.474 e. The summed E-state index contributed by atoms with van der Waals surface area (Å²) in [4.78, 5) is 4.57. The first kappa shape index (κ1) is 14.3. The van der Waals surface area contributed by atoms with Crippen LogP contribution in [0.15, 0.2) is 12.1 Å². The van der Waals surface area contributed by atoms with Crippen LogP contribution in [-0.4, -0.2) is 16.2 Å². The summed E-state index contributed by atoms with van der Waals surface area (Å²) >= 11 is 0. The molecule has 106 valence electrons. The van der Waals surface area contributed by atoms with Gasteiger partial charge in [0.2, 0.25) is 5.88 Å². The summed E-state index contributed by atoms with van der Waals surface area (Å²) in [6.07, 6.45) is 7.19. The number of aliphatic hydroxyl groups excluding tert-OH is 1. The molecular formula is C16H25NO2. The highest BCUT2D eigenvalue weighted by molar-refractivity contribution is 5.25. The van der Waals surface area contributed by atoms with E-state index in [1.165, 1.54) is 19.3 Å². The van der Waals surface area contributed by atoms with Crippen LogP contribution in [0.2, 0.25) is 0 Å². The summed E-state index contributed by atoms with van der Waals surface area (Å²) in [5, 5.41) is 9.33. The van der Waals surface area contributed by atoms with Crippen LogP contribution < -0.4 is 4.74 Å². The number of hydrogen-bond acceptors (Lipinski definition) is 3. The van der Waals surface area contributed by atoms with Gasteiger partial charge in [0.25, 0.3) is 0 Å². The van der Waals surface area contributed by atoms with Crippen LogP contribution in [0.1, 0.15) is 57.2 Å². The van der Waals surface area contributed by atoms with Gasteiger partial charge in [-0.2, -0.15) is 0 Å². The second kappa shape index (κ2) is 6.90. The Bertz CT molecular complexity index is 406. The molecule has 19 heavy (non-hydrogen) atoms. The van der Waals surface area contributed by atoms with Crippen LogP contribution in [0.25, 0.3) is 0 Å². The smallest absolute Gasteiger partial charge is 0.214 e. The Labute approximate surface area is 116 Å². The molecule has 1 saturated carbocycles. The van der Waals surface area contributed by atoms with Gasteiger partial charge in [-0.15, -0.1) is 0 Å². The molecule has 1 aliphatic rings. The molecule has 1 heterocycles. The first-order chi connectivity index (χ1) is 9.22. The molecule has 3 nitrogen and oxygen atoms in total. The van der Waals surface area contributed by atoms with Crippen molar-refractivity contribution in [1.29, 1.82) is 0 Å². The highest BCUT2D eigenvalue weighted by Crippen LogP contribution is 2.28. The fraction of sp³-hybridized carbons (Fsp3) is 0.688. The van der Waals surface area contributed by atoms with Gasteiger partial charge in [0, 0.05) is 11.8 Å². The van der Waals surface area contributed by atoms with E-state index in [4.69, 9.17) is 4.74 Å². The minimum absolute atomic E-state index is 0.0514. The predicted octanol–water partition coefficient (Wildman–Crippen LogP) is 3.48. The summed E-state index contributed by atoms with van der Waals surface area (Å²) in [7, 11) is 0. The van der Waals surface area contributed by atoms with Crippen molar-refractivity contribution < 1.29 is 9.84 Å². The zero-order chi connectivity index (χ0) is 13.7. The van der Waals surface area contributed by atoms with Crippen LogP contribution in [-0.2, 0) is 13.0 Å². The lowest BCUT2D eigenvalue weighted by molar-refractivity contribution is 0.0970. The van der Waals surface area contributed by atoms with E-state index in [9.17, 15) is 5.11 Å². The molecule has 0 saturated heterocycles. The fourth-order valence-electron chi connectivity index (χ4n) is 2.77. The third-order valence-electron chi connectivity index (χ3n) is 3.91. The third kappa shape index (κ3) is 3.93. The third-order valence-corrected chi connectivity index (χ3v) is 3.91. The van der Waals surface area contributed by atoms with Crippen molar-refractivity contribution in [2.24, 2.45) is 5.92 Å². The van der Waals surface area contributed by atoms with E-state index >= 15 is 0 Å². The average Bonchev–Trinajstić information content (AvgIpc) is 2.41. The zero-order valence-corrected chi connectivity index (χ0v) is 12.1. The molecule has 2 atom stereocenters. The van der Waals surface area contributed by atoms with Gasteiger partial charge in [0.1, 0.15) is 6.10 Å². The Morgan fingerprint density at radius 1 is 1.32 bits per heavy atom. The molecule has 3 heteroatoms. The molecule has 2 rings (SSSR count). The monoisotopic (exact) mass is 263 g/mol. The SMILES string of the molecule is CCCc1cc(CO)cc(OC2CCCCC2C)n1. The van der Waals surface area contributed by atoms with E-state index in [0.29, 0.717) is 11.8 Å². The number of aliphatic hydroxyl groups is 1. The lowest BCUT2D eigenvalue weighted by Crippen LogP contribution is -2.28. The highest BCUT2D eigenvalue weighted by Gasteiger charge is 2.23. The Kier molecular flexibility index (Phi) is 5.20. The van der Waals surface area contributed by atoms with E-state index in [0.717, 1.165) is 30.5 Å². The van der Waals surface area contributed by atoms with Crippen molar-refractivity contribution in [2.75, 3.05) is 0 Å². The molecule has 0 aromatic carbocycles. The maximum Gasteiger partial charge on any atom is 0.214 e. The van der Waals surface area contributed by atoms with Crippen LogP contribution in [0.3, 0.4) is 0 Å². The number of ether oxygens (including phenoxy) is 1. The van der Waals surface area contributed by atoms with Gasteiger partial charge in [-0.3, -0.25) is 0 Å². The first-order valence-electron chi connectivity index (χ1n) is 7.50. The molecule has 0 spiro atoms. The van der Waals surface area contributed by atoms with Crippen LogP contribution in [0.5, 0.6) is 5.88 Å². The lowest BCUT2D eigenvalue weighted by Gasteiger charge is -2.29. The molecule has 0 radical (unpaired) electrons. The number of aromatic nitrogens is 1. The molecule has 0 bridgehead atoms. The van der Waals surface area contributed by atoms with Crippen molar-refractivity contribution in [2.45, 2.75) is 65.1 Å². The zero-order valence-electron chi connectivity index (χ0n) is 12.1. The number of aryl methyl sites for hydroxylation is 1. The summed E-state index contributed by atoms with van der Waals surface area (Å²) in [6.45, 7) is 4.44. The van der Waals surface area contributed by atoms with Crippen molar-refractivity contribution in [3.63, 3.8) is 0 Å². The normalized spacial score (nSPS) is 23.3. The number of pyridine rings is 1. The molecule has 1 N–H and O–H groups in total. The molecule has 0 amide bonds. The van der Waals surface area contributed by atoms with E-state index in [-0.39, 0.29) is 12.7 Å². The van der Waals surface area contributed by atoms with Crippen molar-refractivity contribution in [3.05, 3.63) is 23.4 Å². The Balaban J connectivity index is 2.11. The van der Waals surface area contributed by atoms with Gasteiger partial charge >= 0.3 is 0 Å². The maximum absolute atomic E-state index is 9.33. The standard InChI is InChI=1S/C16H25NO2/c1-3-6-14-9-13(11-18)10-16(17-14)19-15-8-5-4-7-12(15)2/h9-10,12,15,18H,3-8,11H2,1-2H3. The van der Waals surface area contributed by atoms with E-state index in [1.54, 1.807) is 0 Å². The number of hydrogen-bond donors (Lipinski definition) is 1. The second-order valence-electron chi connectivity index (χ2n) is 5.63. The summed E-state index contributed by atoms with van der Waals surface area (Å²) in [5.41, 5.74) is 1.92. The van der Waals surface area contributed by atoms with Gasteiger partial charge in [0.15, 0.2) is 0 Å². The van der Waals surface area contributed by atoms with Gasteiger partial charge in [-0.1, -0.05) is 26.7 Å². The topological polar surface area (TPSA) is 42.4 Å². The minimum atomic E-state index is 0.0514. The van der Waals surface area contributed by atoms with Crippen LogP contribution in [0, 0.1) is 5.92 Å². The second-order valence-corrected chi connectivity index (χ2v) is 5.63. The van der Waals surface area contributed by atoms with Gasteiger partial charge in [0.05, 0.1) is 6.61 Å². The van der Waals surface area contributed by atoms with E-state index in [2.05, 4.69) is 18.8 Å². The Morgan fingerprint density at radius 2 is 2.11 bits per heavy atom. The summed E-state index contributed by atoms with van der Waals surface area (Å²) in [5.74, 6) is 1.29. The molecular weight excluding hydrogens is 238 g/mol. The average molecular weight is 263 g/mol. The summed E-state index contributed by atoms with van der Waals surface area (Å²) < 4.78 is 6.07. The predicted molar refractivity (Wildman–Crippen MR) is 76.2 cm³/mol. The fourth-order valence-corrected chi connectivity index (χ4v) is 2.77. The highest BCUT2D eigenvalue weighted by atomic mass is 16.5. The van der Waals surface area contributed by atoms with Gasteiger partial charge < -0.3 is 9.84 Å². The molecule has 1 aromatic heterocycles. The molecule has 0 aliphatic heterocycles. The van der Waals surface area contributed by atoms with E-state index < -0.39 is 0 Å². The number of nitrogens with zero attached hydrogens (tertiary/aromatic N) is 1. The van der Waals surface area contributed by atoms with Crippen molar-refractivity contribution >= 4 is 0 Å². The Morgan fingerprint density at radius 3 is 2.79 bits per heavy atom. The quantitative estimate of drug-likeness (QED) is 0.884. The first-order valence-corrected chi connectivity index (χ1v) is 7.50. The summed E-state index contributed by atoms with van der Waals surface area (Å²) in [6, 6.07) is 3.85. The maximum atomic E-state index is 9.33. The van der Waals surface area contributed by atoms with Crippen molar-refractivity contribution in [1.82, 2.24) is 4.98 Å². The largest absolute Gasteiger partial charge is 0.474 e. The number of rotatable bonds is 5. The molecule has 1 aliphatic carbocycles. The van der Waals surface area contributed by atoms with E-state index in [1.807, 2.05) is 12.1 Å². The van der Waals surface area contributed by atoms with Gasteiger partial charge in [-0.25, -0.2) is 4.98 Å². The van der Waals surface area contributed by atoms with Crippen molar-refractivity contribution in [3.8, 4) is 5.88 Å². The Hall–Kier alpha value is -1.09. The molecule has 1 fully saturated rings. The van der Waals surface area contributed by atoms with Crippen LogP contribution >= 0.6 is 0 Å². The van der Waals surface area contributed by atoms with Gasteiger partial charge in [-0.05, 0) is 43.2 Å². The molecule has 1 aromatic rings. The van der Waals surface area contributed by atoms with Crippen LogP contribution in [0.4, 0.5) is 0 Å². The lowest BCUT2D eigenvalue weighted by atomic mass is 9.88. The molecule has 2 unspecified atom stereocenters.